The van der Waals surface area contributed by atoms with Gasteiger partial charge in [0.1, 0.15) is 17.2 Å². The van der Waals surface area contributed by atoms with Crippen LogP contribution >= 0.6 is 11.6 Å². The summed E-state index contributed by atoms with van der Waals surface area (Å²) in [5.74, 6) is 0.930. The van der Waals surface area contributed by atoms with Gasteiger partial charge in [-0.1, -0.05) is 11.6 Å². The van der Waals surface area contributed by atoms with Crippen LogP contribution < -0.4 is 9.47 Å². The first-order valence-corrected chi connectivity index (χ1v) is 12.0. The highest BCUT2D eigenvalue weighted by atomic mass is 35.5. The van der Waals surface area contributed by atoms with E-state index in [-0.39, 0.29) is 16.7 Å². The van der Waals surface area contributed by atoms with Gasteiger partial charge in [0, 0.05) is 29.9 Å². The first-order chi connectivity index (χ1) is 18.6. The Balaban J connectivity index is 1.78. The van der Waals surface area contributed by atoms with Crippen LogP contribution in [0.2, 0.25) is 5.02 Å². The molecule has 0 amide bonds. The third kappa shape index (κ3) is 5.05. The normalized spacial score (nSPS) is 11.6. The van der Waals surface area contributed by atoms with Gasteiger partial charge in [-0.2, -0.15) is 28.1 Å². The number of nitrogens with zero attached hydrogens (tertiary/aromatic N) is 6. The number of rotatable bonds is 6. The molecule has 0 radical (unpaired) electrons. The highest BCUT2D eigenvalue weighted by Gasteiger charge is 2.35. The van der Waals surface area contributed by atoms with Gasteiger partial charge in [-0.05, 0) is 61.5 Å². The highest BCUT2D eigenvalue weighted by Crippen LogP contribution is 2.39. The third-order valence-electron chi connectivity index (χ3n) is 6.04. The molecule has 0 saturated heterocycles. The van der Waals surface area contributed by atoms with Gasteiger partial charge in [0.05, 0.1) is 36.3 Å². The number of aromatic nitrogens is 6. The Kier molecular flexibility index (Phi) is 6.77. The van der Waals surface area contributed by atoms with Crippen molar-refractivity contribution in [1.29, 1.82) is 0 Å². The van der Waals surface area contributed by atoms with Crippen molar-refractivity contribution in [3.63, 3.8) is 0 Å². The predicted octanol–water partition coefficient (Wildman–Crippen LogP) is 6.39. The lowest BCUT2D eigenvalue weighted by atomic mass is 10.1. The molecule has 0 atom stereocenters. The SMILES string of the molecule is COc1ccc(-c2nn(-c3nc(-c4cn(C)nc4C)cc(C(F)(F)F)n3)c(-c3ccc(OC)cc3)c2Cl)cc1. The number of halogens is 4. The van der Waals surface area contributed by atoms with Crippen LogP contribution in [0.3, 0.4) is 0 Å². The Bertz CT molecular complexity index is 1640. The van der Waals surface area contributed by atoms with Gasteiger partial charge in [0.25, 0.3) is 5.95 Å². The minimum absolute atomic E-state index is 0.0521. The van der Waals surface area contributed by atoms with E-state index < -0.39 is 11.9 Å². The summed E-state index contributed by atoms with van der Waals surface area (Å²) in [6.45, 7) is 1.69. The van der Waals surface area contributed by atoms with Crippen LogP contribution in [0.4, 0.5) is 13.2 Å². The fourth-order valence-corrected chi connectivity index (χ4v) is 4.47. The highest BCUT2D eigenvalue weighted by molar-refractivity contribution is 6.35. The molecule has 0 aliphatic rings. The fourth-order valence-electron chi connectivity index (χ4n) is 4.14. The van der Waals surface area contributed by atoms with Gasteiger partial charge in [-0.15, -0.1) is 0 Å². The summed E-state index contributed by atoms with van der Waals surface area (Å²) < 4.78 is 55.3. The molecule has 3 heterocycles. The van der Waals surface area contributed by atoms with Crippen molar-refractivity contribution in [1.82, 2.24) is 29.5 Å². The molecular formula is C27H22ClF3N6O2. The van der Waals surface area contributed by atoms with Gasteiger partial charge in [-0.3, -0.25) is 4.68 Å². The third-order valence-corrected chi connectivity index (χ3v) is 6.40. The second-order valence-corrected chi connectivity index (χ2v) is 9.00. The molecule has 0 aliphatic heterocycles. The lowest BCUT2D eigenvalue weighted by Crippen LogP contribution is -2.14. The molecule has 5 aromatic rings. The number of methoxy groups -OCH3 is 2. The van der Waals surface area contributed by atoms with Gasteiger partial charge in [-0.25, -0.2) is 9.97 Å². The van der Waals surface area contributed by atoms with Gasteiger partial charge in [0.2, 0.25) is 0 Å². The van der Waals surface area contributed by atoms with Crippen LogP contribution in [-0.2, 0) is 13.2 Å². The summed E-state index contributed by atoms with van der Waals surface area (Å²) >= 11 is 6.87. The number of hydrogen-bond acceptors (Lipinski definition) is 6. The van der Waals surface area contributed by atoms with Crippen molar-refractivity contribution in [3.8, 4) is 51.2 Å². The lowest BCUT2D eigenvalue weighted by Gasteiger charge is -2.12. The average Bonchev–Trinajstić information content (AvgIpc) is 3.46. The van der Waals surface area contributed by atoms with Gasteiger partial charge >= 0.3 is 6.18 Å². The van der Waals surface area contributed by atoms with E-state index in [4.69, 9.17) is 21.1 Å². The Morgan fingerprint density at radius 2 is 1.44 bits per heavy atom. The second-order valence-electron chi connectivity index (χ2n) is 8.62. The molecule has 0 N–H and O–H groups in total. The van der Waals surface area contributed by atoms with Crippen molar-refractivity contribution >= 4 is 11.6 Å². The molecule has 8 nitrogen and oxygen atoms in total. The summed E-state index contributed by atoms with van der Waals surface area (Å²) in [6, 6.07) is 14.8. The van der Waals surface area contributed by atoms with Crippen LogP contribution in [-0.4, -0.2) is 43.7 Å². The summed E-state index contributed by atoms with van der Waals surface area (Å²) in [6.07, 6.45) is -3.14. The number of ether oxygens (including phenoxy) is 2. The van der Waals surface area contributed by atoms with Crippen LogP contribution in [0.25, 0.3) is 39.7 Å². The smallest absolute Gasteiger partial charge is 0.433 e. The number of benzene rings is 2. The van der Waals surface area contributed by atoms with Crippen LogP contribution in [0.5, 0.6) is 11.5 Å². The summed E-state index contributed by atoms with van der Waals surface area (Å²) in [7, 11) is 4.76. The van der Waals surface area contributed by atoms with E-state index >= 15 is 0 Å². The quantitative estimate of drug-likeness (QED) is 0.242. The van der Waals surface area contributed by atoms with Crippen LogP contribution in [0.1, 0.15) is 11.4 Å². The Hall–Kier alpha value is -4.38. The lowest BCUT2D eigenvalue weighted by molar-refractivity contribution is -0.141. The largest absolute Gasteiger partial charge is 0.497 e. The van der Waals surface area contributed by atoms with Crippen molar-refractivity contribution in [2.24, 2.45) is 7.05 Å². The molecule has 39 heavy (non-hydrogen) atoms. The molecule has 0 spiro atoms. The van der Waals surface area contributed by atoms with E-state index in [1.54, 1.807) is 75.8 Å². The molecule has 3 aromatic heterocycles. The zero-order valence-electron chi connectivity index (χ0n) is 21.3. The maximum absolute atomic E-state index is 14.0. The molecular weight excluding hydrogens is 533 g/mol. The van der Waals surface area contributed by atoms with E-state index in [9.17, 15) is 13.2 Å². The minimum atomic E-state index is -4.74. The molecule has 5 rings (SSSR count). The predicted molar refractivity (Wildman–Crippen MR) is 140 cm³/mol. The number of aryl methyl sites for hydroxylation is 2. The summed E-state index contributed by atoms with van der Waals surface area (Å²) in [4.78, 5) is 8.36. The zero-order chi connectivity index (χ0) is 27.9. The first-order valence-electron chi connectivity index (χ1n) is 11.6. The standard InChI is InChI=1S/C27H22ClF3N6O2/c1-15-20(14-36(2)34-15)21-13-22(27(29,30)31)33-26(32-21)37-25(17-7-11-19(39-4)12-8-17)23(28)24(35-37)16-5-9-18(38-3)10-6-16/h5-14H,1-4H3. The van der Waals surface area contributed by atoms with Crippen LogP contribution in [0, 0.1) is 6.92 Å². The van der Waals surface area contributed by atoms with Crippen molar-refractivity contribution in [3.05, 3.63) is 77.2 Å². The molecule has 2 aromatic carbocycles. The molecule has 0 bridgehead atoms. The van der Waals surface area contributed by atoms with E-state index in [2.05, 4.69) is 20.2 Å². The summed E-state index contributed by atoms with van der Waals surface area (Å²) in [5, 5.41) is 9.07. The minimum Gasteiger partial charge on any atom is -0.497 e. The Labute approximate surface area is 226 Å². The number of alkyl halides is 3. The van der Waals surface area contributed by atoms with E-state index in [0.717, 1.165) is 6.07 Å². The zero-order valence-corrected chi connectivity index (χ0v) is 22.0. The van der Waals surface area contributed by atoms with E-state index in [0.29, 0.717) is 45.3 Å². The maximum Gasteiger partial charge on any atom is 0.433 e. The molecule has 0 unspecified atom stereocenters. The number of hydrogen-bond donors (Lipinski definition) is 0. The second kappa shape index (κ2) is 10.1. The Morgan fingerprint density at radius 3 is 1.95 bits per heavy atom. The van der Waals surface area contributed by atoms with Crippen molar-refractivity contribution in [2.45, 2.75) is 13.1 Å². The molecule has 12 heteroatoms. The maximum atomic E-state index is 14.0. The molecule has 200 valence electrons. The van der Waals surface area contributed by atoms with Gasteiger partial charge in [0.15, 0.2) is 5.69 Å². The van der Waals surface area contributed by atoms with Crippen molar-refractivity contribution < 1.29 is 22.6 Å². The van der Waals surface area contributed by atoms with E-state index in [1.807, 2.05) is 0 Å². The van der Waals surface area contributed by atoms with Crippen LogP contribution in [0.15, 0.2) is 60.8 Å². The Morgan fingerprint density at radius 1 is 0.846 bits per heavy atom. The molecule has 0 aliphatic carbocycles. The van der Waals surface area contributed by atoms with Crippen molar-refractivity contribution in [2.75, 3.05) is 14.2 Å². The topological polar surface area (TPSA) is 79.9 Å². The first kappa shape index (κ1) is 26.2. The average molecular weight is 555 g/mol. The molecule has 0 saturated carbocycles. The molecule has 0 fully saturated rings. The monoisotopic (exact) mass is 554 g/mol. The van der Waals surface area contributed by atoms with E-state index in [1.165, 1.54) is 16.5 Å². The fraction of sp³-hybridized carbons (Fsp3) is 0.185. The van der Waals surface area contributed by atoms with Gasteiger partial charge < -0.3 is 9.47 Å². The summed E-state index contributed by atoms with van der Waals surface area (Å²) in [5.41, 5.74) is 1.75.